The zero-order valence-electron chi connectivity index (χ0n) is 10.7. The van der Waals surface area contributed by atoms with Gasteiger partial charge in [0.25, 0.3) is 0 Å². The molecule has 2 nitrogen and oxygen atoms in total. The van der Waals surface area contributed by atoms with Crippen LogP contribution in [0.5, 0.6) is 0 Å². The Balaban J connectivity index is 2.82. The van der Waals surface area contributed by atoms with Crippen molar-refractivity contribution in [2.75, 3.05) is 14.2 Å². The molecular formula is C13H18F3NO. The van der Waals surface area contributed by atoms with Crippen LogP contribution in [0.4, 0.5) is 13.2 Å². The zero-order valence-corrected chi connectivity index (χ0v) is 10.7. The fourth-order valence-corrected chi connectivity index (χ4v) is 1.75. The van der Waals surface area contributed by atoms with Crippen molar-refractivity contribution >= 4 is 0 Å². The summed E-state index contributed by atoms with van der Waals surface area (Å²) in [5, 5.41) is 3.08. The molecule has 0 saturated carbocycles. The van der Waals surface area contributed by atoms with E-state index in [1.165, 1.54) is 12.1 Å². The summed E-state index contributed by atoms with van der Waals surface area (Å²) in [6.07, 6.45) is -3.53. The third kappa shape index (κ3) is 3.99. The SMILES string of the molecule is CNC(CC(C)OC)c1ccc(C(F)(F)F)cc1. The molecule has 0 aliphatic rings. The number of alkyl halides is 3. The lowest BCUT2D eigenvalue weighted by Crippen LogP contribution is -2.22. The van der Waals surface area contributed by atoms with E-state index in [4.69, 9.17) is 4.74 Å². The van der Waals surface area contributed by atoms with Crippen LogP contribution in [0.2, 0.25) is 0 Å². The average Bonchev–Trinajstić information content (AvgIpc) is 2.34. The summed E-state index contributed by atoms with van der Waals surface area (Å²) in [6, 6.07) is 5.22. The molecule has 0 aliphatic heterocycles. The van der Waals surface area contributed by atoms with Crippen molar-refractivity contribution < 1.29 is 17.9 Å². The second-order valence-corrected chi connectivity index (χ2v) is 4.24. The van der Waals surface area contributed by atoms with Gasteiger partial charge in [-0.15, -0.1) is 0 Å². The second-order valence-electron chi connectivity index (χ2n) is 4.24. The van der Waals surface area contributed by atoms with E-state index in [-0.39, 0.29) is 12.1 Å². The fourth-order valence-electron chi connectivity index (χ4n) is 1.75. The Bertz CT molecular complexity index is 361. The van der Waals surface area contributed by atoms with Gasteiger partial charge in [-0.05, 0) is 38.1 Å². The first-order valence-corrected chi connectivity index (χ1v) is 5.75. The molecule has 5 heteroatoms. The van der Waals surface area contributed by atoms with Crippen molar-refractivity contribution in [3.8, 4) is 0 Å². The summed E-state index contributed by atoms with van der Waals surface area (Å²) in [6.45, 7) is 1.93. The average molecular weight is 261 g/mol. The topological polar surface area (TPSA) is 21.3 Å². The Hall–Kier alpha value is -1.07. The number of hydrogen-bond donors (Lipinski definition) is 1. The molecule has 0 aliphatic carbocycles. The van der Waals surface area contributed by atoms with Crippen LogP contribution >= 0.6 is 0 Å². The number of nitrogens with one attached hydrogen (secondary N) is 1. The first kappa shape index (κ1) is 15.0. The molecule has 0 fully saturated rings. The van der Waals surface area contributed by atoms with Gasteiger partial charge in [0.15, 0.2) is 0 Å². The largest absolute Gasteiger partial charge is 0.416 e. The predicted molar refractivity (Wildman–Crippen MR) is 64.3 cm³/mol. The molecule has 1 N–H and O–H groups in total. The molecule has 0 bridgehead atoms. The Morgan fingerprint density at radius 1 is 1.22 bits per heavy atom. The first-order chi connectivity index (χ1) is 8.38. The highest BCUT2D eigenvalue weighted by Gasteiger charge is 2.30. The van der Waals surface area contributed by atoms with Crippen LogP contribution < -0.4 is 5.32 Å². The summed E-state index contributed by atoms with van der Waals surface area (Å²) in [5.74, 6) is 0. The van der Waals surface area contributed by atoms with Crippen molar-refractivity contribution in [3.63, 3.8) is 0 Å². The van der Waals surface area contributed by atoms with Gasteiger partial charge < -0.3 is 10.1 Å². The quantitative estimate of drug-likeness (QED) is 0.877. The smallest absolute Gasteiger partial charge is 0.382 e. The van der Waals surface area contributed by atoms with Gasteiger partial charge in [0.2, 0.25) is 0 Å². The molecule has 2 atom stereocenters. The van der Waals surface area contributed by atoms with Crippen LogP contribution in [-0.2, 0) is 10.9 Å². The molecule has 0 spiro atoms. The van der Waals surface area contributed by atoms with E-state index >= 15 is 0 Å². The normalized spacial score (nSPS) is 15.4. The first-order valence-electron chi connectivity index (χ1n) is 5.75. The molecule has 1 rings (SSSR count). The van der Waals surface area contributed by atoms with Gasteiger partial charge in [-0.3, -0.25) is 0 Å². The number of halogens is 3. The van der Waals surface area contributed by atoms with E-state index in [2.05, 4.69) is 5.32 Å². The van der Waals surface area contributed by atoms with Gasteiger partial charge >= 0.3 is 6.18 Å². The minimum Gasteiger partial charge on any atom is -0.382 e. The van der Waals surface area contributed by atoms with Crippen molar-refractivity contribution in [2.24, 2.45) is 0 Å². The number of methoxy groups -OCH3 is 1. The maximum absolute atomic E-state index is 12.4. The van der Waals surface area contributed by atoms with E-state index in [1.54, 1.807) is 14.2 Å². The molecule has 2 unspecified atom stereocenters. The van der Waals surface area contributed by atoms with Crippen LogP contribution in [0.1, 0.15) is 30.5 Å². The molecule has 18 heavy (non-hydrogen) atoms. The number of benzene rings is 1. The third-order valence-corrected chi connectivity index (χ3v) is 2.96. The second kappa shape index (κ2) is 6.20. The lowest BCUT2D eigenvalue weighted by atomic mass is 10.00. The Labute approximate surface area is 105 Å². The van der Waals surface area contributed by atoms with Gasteiger partial charge in [0.05, 0.1) is 11.7 Å². The van der Waals surface area contributed by atoms with E-state index in [0.717, 1.165) is 17.7 Å². The summed E-state index contributed by atoms with van der Waals surface area (Å²) in [4.78, 5) is 0. The fraction of sp³-hybridized carbons (Fsp3) is 0.538. The van der Waals surface area contributed by atoms with Gasteiger partial charge in [-0.2, -0.15) is 13.2 Å². The minimum absolute atomic E-state index is 0.0118. The third-order valence-electron chi connectivity index (χ3n) is 2.96. The molecule has 1 aromatic carbocycles. The number of ether oxygens (including phenoxy) is 1. The molecule has 102 valence electrons. The molecule has 0 amide bonds. The summed E-state index contributed by atoms with van der Waals surface area (Å²) in [7, 11) is 3.40. The van der Waals surface area contributed by atoms with Crippen molar-refractivity contribution in [1.82, 2.24) is 5.32 Å². The summed E-state index contributed by atoms with van der Waals surface area (Å²) < 4.78 is 42.5. The van der Waals surface area contributed by atoms with Crippen molar-refractivity contribution in [2.45, 2.75) is 31.7 Å². The highest BCUT2D eigenvalue weighted by Crippen LogP contribution is 2.30. The van der Waals surface area contributed by atoms with E-state index < -0.39 is 11.7 Å². The maximum Gasteiger partial charge on any atom is 0.416 e. The number of hydrogen-bond acceptors (Lipinski definition) is 2. The lowest BCUT2D eigenvalue weighted by molar-refractivity contribution is -0.137. The minimum atomic E-state index is -4.28. The van der Waals surface area contributed by atoms with Gasteiger partial charge in [-0.1, -0.05) is 12.1 Å². The molecule has 0 radical (unpaired) electrons. The van der Waals surface area contributed by atoms with Crippen molar-refractivity contribution in [1.29, 1.82) is 0 Å². The lowest BCUT2D eigenvalue weighted by Gasteiger charge is -2.20. The van der Waals surface area contributed by atoms with Crippen LogP contribution in [0.25, 0.3) is 0 Å². The Kier molecular flexibility index (Phi) is 5.16. The predicted octanol–water partition coefficient (Wildman–Crippen LogP) is 3.39. The number of rotatable bonds is 5. The highest BCUT2D eigenvalue weighted by molar-refractivity contribution is 5.26. The standard InChI is InChI=1S/C13H18F3NO/c1-9(18-3)8-12(17-2)10-4-6-11(7-5-10)13(14,15)16/h4-7,9,12,17H,8H2,1-3H3. The molecular weight excluding hydrogens is 243 g/mol. The summed E-state index contributed by atoms with van der Waals surface area (Å²) in [5.41, 5.74) is 0.204. The molecule has 0 saturated heterocycles. The van der Waals surface area contributed by atoms with Crippen LogP contribution in [0.15, 0.2) is 24.3 Å². The summed E-state index contributed by atoms with van der Waals surface area (Å²) >= 11 is 0. The van der Waals surface area contributed by atoms with Crippen molar-refractivity contribution in [3.05, 3.63) is 35.4 Å². The van der Waals surface area contributed by atoms with E-state index in [9.17, 15) is 13.2 Å². The zero-order chi connectivity index (χ0) is 13.8. The van der Waals surface area contributed by atoms with Crippen LogP contribution in [-0.4, -0.2) is 20.3 Å². The molecule has 0 heterocycles. The van der Waals surface area contributed by atoms with Gasteiger partial charge in [0.1, 0.15) is 0 Å². The maximum atomic E-state index is 12.4. The monoisotopic (exact) mass is 261 g/mol. The molecule has 0 aromatic heterocycles. The Morgan fingerprint density at radius 3 is 2.17 bits per heavy atom. The van der Waals surface area contributed by atoms with E-state index in [0.29, 0.717) is 6.42 Å². The van der Waals surface area contributed by atoms with Gasteiger partial charge in [0, 0.05) is 13.2 Å². The van der Waals surface area contributed by atoms with Gasteiger partial charge in [-0.25, -0.2) is 0 Å². The highest BCUT2D eigenvalue weighted by atomic mass is 19.4. The molecule has 1 aromatic rings. The van der Waals surface area contributed by atoms with Crippen LogP contribution in [0.3, 0.4) is 0 Å². The van der Waals surface area contributed by atoms with Crippen LogP contribution in [0, 0.1) is 0 Å². The Morgan fingerprint density at radius 2 is 1.78 bits per heavy atom. The van der Waals surface area contributed by atoms with E-state index in [1.807, 2.05) is 6.92 Å².